The number of carbonyl (C=O) groups excluding carboxylic acids is 2. The number of hydrogen-bond acceptors (Lipinski definition) is 5. The lowest BCUT2D eigenvalue weighted by atomic mass is 9.49. The molecule has 0 aliphatic heterocycles. The molecule has 4 bridgehead atoms. The monoisotopic (exact) mass is 499 g/mol. The van der Waals surface area contributed by atoms with Crippen LogP contribution in [-0.4, -0.2) is 18.4 Å². The highest BCUT2D eigenvalue weighted by molar-refractivity contribution is 5.85. The topological polar surface area (TPSA) is 85.6 Å². The Morgan fingerprint density at radius 1 is 1.00 bits per heavy atom. The molecule has 6 nitrogen and oxygen atoms in total. The van der Waals surface area contributed by atoms with Crippen LogP contribution in [0.15, 0.2) is 57.7 Å². The third kappa shape index (κ3) is 4.58. The first-order valence-corrected chi connectivity index (χ1v) is 13.5. The average molecular weight is 500 g/mol. The smallest absolute Gasteiger partial charge is 0.311 e. The zero-order valence-electron chi connectivity index (χ0n) is 21.3. The van der Waals surface area contributed by atoms with Gasteiger partial charge in [0.15, 0.2) is 0 Å². The number of ether oxygens (including phenoxy) is 1. The fourth-order valence-electron chi connectivity index (χ4n) is 7.48. The Bertz CT molecular complexity index is 1370. The van der Waals surface area contributed by atoms with Gasteiger partial charge in [-0.1, -0.05) is 30.3 Å². The molecular weight excluding hydrogens is 466 g/mol. The van der Waals surface area contributed by atoms with E-state index in [0.717, 1.165) is 42.6 Å². The summed E-state index contributed by atoms with van der Waals surface area (Å²) >= 11 is 0. The first-order chi connectivity index (χ1) is 17.9. The van der Waals surface area contributed by atoms with Gasteiger partial charge in [-0.2, -0.15) is 0 Å². The van der Waals surface area contributed by atoms with Crippen molar-refractivity contribution in [3.63, 3.8) is 0 Å². The van der Waals surface area contributed by atoms with Crippen LogP contribution in [0.5, 0.6) is 5.75 Å². The average Bonchev–Trinajstić information content (AvgIpc) is 2.86. The van der Waals surface area contributed by atoms with E-state index in [-0.39, 0.29) is 29.1 Å². The first kappa shape index (κ1) is 24.0. The summed E-state index contributed by atoms with van der Waals surface area (Å²) in [6.45, 7) is 2.24. The van der Waals surface area contributed by atoms with Gasteiger partial charge >= 0.3 is 5.97 Å². The number of aryl methyl sites for hydroxylation is 1. The number of esters is 1. The zero-order chi connectivity index (χ0) is 25.6. The molecule has 0 saturated heterocycles. The summed E-state index contributed by atoms with van der Waals surface area (Å²) in [6, 6.07) is 14.3. The van der Waals surface area contributed by atoms with E-state index in [0.29, 0.717) is 41.0 Å². The number of amides is 1. The van der Waals surface area contributed by atoms with Gasteiger partial charge in [-0.3, -0.25) is 14.4 Å². The molecule has 6 heteroatoms. The minimum atomic E-state index is -0.372. The number of benzene rings is 2. The SMILES string of the molecule is Cc1oc2cc(OC(=O)CCCNC(=O)C34CC5CC(CC(C5)C3)C4)ccc2c(=O)c1-c1ccccc1. The van der Waals surface area contributed by atoms with Crippen molar-refractivity contribution in [3.05, 3.63) is 64.5 Å². The molecule has 4 aliphatic rings. The van der Waals surface area contributed by atoms with E-state index in [1.807, 2.05) is 30.3 Å². The van der Waals surface area contributed by atoms with Gasteiger partial charge in [0.25, 0.3) is 0 Å². The van der Waals surface area contributed by atoms with E-state index in [1.54, 1.807) is 25.1 Å². The molecule has 3 aromatic rings. The number of rotatable bonds is 7. The van der Waals surface area contributed by atoms with E-state index in [4.69, 9.17) is 9.15 Å². The van der Waals surface area contributed by atoms with Crippen LogP contribution in [0.25, 0.3) is 22.1 Å². The Morgan fingerprint density at radius 3 is 2.35 bits per heavy atom. The highest BCUT2D eigenvalue weighted by atomic mass is 16.5. The Labute approximate surface area is 216 Å². The van der Waals surface area contributed by atoms with Crippen LogP contribution in [-0.2, 0) is 9.59 Å². The minimum Gasteiger partial charge on any atom is -0.460 e. The Morgan fingerprint density at radius 2 is 1.68 bits per heavy atom. The van der Waals surface area contributed by atoms with Crippen LogP contribution in [0, 0.1) is 30.1 Å². The second-order valence-corrected chi connectivity index (χ2v) is 11.4. The maximum atomic E-state index is 13.1. The zero-order valence-corrected chi connectivity index (χ0v) is 21.3. The van der Waals surface area contributed by atoms with Crippen molar-refractivity contribution in [1.82, 2.24) is 5.32 Å². The van der Waals surface area contributed by atoms with Gasteiger partial charge in [0.05, 0.1) is 10.9 Å². The second-order valence-electron chi connectivity index (χ2n) is 11.4. The molecule has 4 aliphatic carbocycles. The van der Waals surface area contributed by atoms with Gasteiger partial charge in [-0.05, 0) is 87.3 Å². The van der Waals surface area contributed by atoms with E-state index in [1.165, 1.54) is 19.3 Å². The summed E-state index contributed by atoms with van der Waals surface area (Å²) in [7, 11) is 0. The van der Waals surface area contributed by atoms with E-state index in [9.17, 15) is 14.4 Å². The lowest BCUT2D eigenvalue weighted by molar-refractivity contribution is -0.146. The van der Waals surface area contributed by atoms with Crippen molar-refractivity contribution >= 4 is 22.8 Å². The summed E-state index contributed by atoms with van der Waals surface area (Å²) < 4.78 is 11.4. The van der Waals surface area contributed by atoms with E-state index >= 15 is 0 Å². The number of fused-ring (bicyclic) bond motifs is 1. The maximum absolute atomic E-state index is 13.1. The fourth-order valence-corrected chi connectivity index (χ4v) is 7.48. The highest BCUT2D eigenvalue weighted by Gasteiger charge is 2.54. The van der Waals surface area contributed by atoms with E-state index in [2.05, 4.69) is 5.32 Å². The molecule has 2 aromatic carbocycles. The normalized spacial score (nSPS) is 25.8. The quantitative estimate of drug-likeness (QED) is 0.253. The predicted molar refractivity (Wildman–Crippen MR) is 141 cm³/mol. The molecule has 7 rings (SSSR count). The molecule has 37 heavy (non-hydrogen) atoms. The van der Waals surface area contributed by atoms with Crippen LogP contribution in [0.1, 0.15) is 57.1 Å². The summed E-state index contributed by atoms with van der Waals surface area (Å²) in [5, 5.41) is 3.56. The summed E-state index contributed by atoms with van der Waals surface area (Å²) in [4.78, 5) is 38.6. The van der Waals surface area contributed by atoms with Gasteiger partial charge in [0.1, 0.15) is 17.1 Å². The molecule has 1 amide bonds. The molecule has 0 spiro atoms. The van der Waals surface area contributed by atoms with Crippen LogP contribution in [0.2, 0.25) is 0 Å². The molecule has 192 valence electrons. The van der Waals surface area contributed by atoms with Gasteiger partial charge in [-0.15, -0.1) is 0 Å². The molecule has 1 N–H and O–H groups in total. The van der Waals surface area contributed by atoms with Crippen molar-refractivity contribution in [1.29, 1.82) is 0 Å². The van der Waals surface area contributed by atoms with Crippen molar-refractivity contribution in [3.8, 4) is 16.9 Å². The first-order valence-electron chi connectivity index (χ1n) is 13.5. The van der Waals surface area contributed by atoms with Gasteiger partial charge in [-0.25, -0.2) is 0 Å². The Kier molecular flexibility index (Phi) is 6.13. The predicted octanol–water partition coefficient (Wildman–Crippen LogP) is 5.79. The number of carbonyl (C=O) groups is 2. The fraction of sp³-hybridized carbons (Fsp3) is 0.452. The molecule has 4 fully saturated rings. The van der Waals surface area contributed by atoms with E-state index < -0.39 is 0 Å². The van der Waals surface area contributed by atoms with Gasteiger partial charge in [0.2, 0.25) is 11.3 Å². The van der Waals surface area contributed by atoms with Crippen LogP contribution >= 0.6 is 0 Å². The minimum absolute atomic E-state index is 0.113. The van der Waals surface area contributed by atoms with Crippen LogP contribution < -0.4 is 15.5 Å². The Hall–Kier alpha value is -3.41. The summed E-state index contributed by atoms with van der Waals surface area (Å²) in [5.74, 6) is 2.86. The van der Waals surface area contributed by atoms with Gasteiger partial charge in [0, 0.05) is 24.4 Å². The van der Waals surface area contributed by atoms with Crippen LogP contribution in [0.3, 0.4) is 0 Å². The largest absolute Gasteiger partial charge is 0.460 e. The number of nitrogens with one attached hydrogen (secondary N) is 1. The summed E-state index contributed by atoms with van der Waals surface area (Å²) in [5.41, 5.74) is 1.45. The second kappa shape index (κ2) is 9.47. The maximum Gasteiger partial charge on any atom is 0.311 e. The summed E-state index contributed by atoms with van der Waals surface area (Å²) in [6.07, 6.45) is 7.78. The van der Waals surface area contributed by atoms with Crippen molar-refractivity contribution in [2.45, 2.75) is 58.3 Å². The van der Waals surface area contributed by atoms with Crippen molar-refractivity contribution < 1.29 is 18.7 Å². The lowest BCUT2D eigenvalue weighted by Gasteiger charge is -2.55. The van der Waals surface area contributed by atoms with Crippen molar-refractivity contribution in [2.75, 3.05) is 6.54 Å². The molecular formula is C31H33NO5. The number of hydrogen-bond donors (Lipinski definition) is 1. The van der Waals surface area contributed by atoms with Crippen LogP contribution in [0.4, 0.5) is 0 Å². The Balaban J connectivity index is 1.05. The lowest BCUT2D eigenvalue weighted by Crippen LogP contribution is -2.53. The van der Waals surface area contributed by atoms with Gasteiger partial charge < -0.3 is 14.5 Å². The molecule has 4 saturated carbocycles. The third-order valence-corrected chi connectivity index (χ3v) is 8.70. The standard InChI is InChI=1S/C31H33NO5/c1-19-28(23-6-3-2-4-7-23)29(34)25-10-9-24(15-26(25)36-19)37-27(33)8-5-11-32-30(35)31-16-20-12-21(17-31)14-22(13-20)18-31/h2-4,6-7,9-10,15,20-22H,5,8,11-14,16-18H2,1H3,(H,32,35). The molecule has 0 unspecified atom stereocenters. The molecule has 1 heterocycles. The third-order valence-electron chi connectivity index (χ3n) is 8.70. The highest BCUT2D eigenvalue weighted by Crippen LogP contribution is 2.60. The molecule has 1 aromatic heterocycles. The molecule has 0 radical (unpaired) electrons. The molecule has 0 atom stereocenters. The van der Waals surface area contributed by atoms with Crippen molar-refractivity contribution in [2.24, 2.45) is 23.2 Å².